The molecular weight excluding hydrogens is 218 g/mol. The van der Waals surface area contributed by atoms with Crippen molar-refractivity contribution in [3.05, 3.63) is 52.6 Å². The molecule has 2 aromatic carbocycles. The molecule has 0 bridgehead atoms. The highest BCUT2D eigenvalue weighted by Crippen LogP contribution is 2.24. The Morgan fingerprint density at radius 1 is 1.06 bits per heavy atom. The van der Waals surface area contributed by atoms with Crippen LogP contribution in [0, 0.1) is 10.1 Å². The van der Waals surface area contributed by atoms with Gasteiger partial charge in [-0.2, -0.15) is 0 Å². The van der Waals surface area contributed by atoms with E-state index in [0.717, 1.165) is 5.39 Å². The summed E-state index contributed by atoms with van der Waals surface area (Å²) in [7, 11) is 0. The van der Waals surface area contributed by atoms with Gasteiger partial charge in [-0.05, 0) is 25.3 Å². The van der Waals surface area contributed by atoms with Crippen LogP contribution in [0.3, 0.4) is 0 Å². The van der Waals surface area contributed by atoms with Crippen LogP contribution in [0.4, 0.5) is 5.69 Å². The first kappa shape index (κ1) is 12.8. The van der Waals surface area contributed by atoms with Gasteiger partial charge in [0.15, 0.2) is 0 Å². The molecule has 0 aromatic heterocycles. The van der Waals surface area contributed by atoms with Crippen LogP contribution in [-0.2, 0) is 4.79 Å². The number of nitrogens with zero attached hydrogens (tertiary/aromatic N) is 1. The summed E-state index contributed by atoms with van der Waals surface area (Å²) in [6, 6.07) is 12.4. The van der Waals surface area contributed by atoms with E-state index in [1.165, 1.54) is 19.9 Å². The number of hydrogen-bond donors (Lipinski definition) is 0. The zero-order valence-electron chi connectivity index (χ0n) is 9.71. The lowest BCUT2D eigenvalue weighted by Crippen LogP contribution is -1.88. The van der Waals surface area contributed by atoms with Gasteiger partial charge in [-0.3, -0.25) is 10.1 Å². The van der Waals surface area contributed by atoms with Gasteiger partial charge in [0.25, 0.3) is 5.69 Å². The summed E-state index contributed by atoms with van der Waals surface area (Å²) in [5.41, 5.74) is 0.165. The molecule has 0 aliphatic rings. The fourth-order valence-corrected chi connectivity index (χ4v) is 1.37. The maximum atomic E-state index is 10.6. The van der Waals surface area contributed by atoms with Crippen LogP contribution in [0.1, 0.15) is 13.8 Å². The van der Waals surface area contributed by atoms with E-state index >= 15 is 0 Å². The molecule has 0 amide bonds. The number of carbonyl (C=O) groups excluding carboxylic acids is 1. The summed E-state index contributed by atoms with van der Waals surface area (Å²) in [4.78, 5) is 19.7. The second kappa shape index (κ2) is 5.75. The lowest BCUT2D eigenvalue weighted by atomic mass is 10.1. The number of nitro groups is 1. The molecule has 0 atom stereocenters. The largest absolute Gasteiger partial charge is 0.300 e. The third kappa shape index (κ3) is 3.68. The van der Waals surface area contributed by atoms with E-state index in [4.69, 9.17) is 0 Å². The normalized spacial score (nSPS) is 9.29. The van der Waals surface area contributed by atoms with Crippen molar-refractivity contribution < 1.29 is 9.72 Å². The lowest BCUT2D eigenvalue weighted by Gasteiger charge is -1.97. The number of rotatable bonds is 1. The number of carbonyl (C=O) groups is 1. The summed E-state index contributed by atoms with van der Waals surface area (Å²) in [6.07, 6.45) is 0. The number of fused-ring (bicyclic) bond motifs is 1. The van der Waals surface area contributed by atoms with Crippen LogP contribution in [0.25, 0.3) is 10.8 Å². The lowest BCUT2D eigenvalue weighted by molar-refractivity contribution is -0.383. The van der Waals surface area contributed by atoms with Crippen molar-refractivity contribution in [2.24, 2.45) is 0 Å². The topological polar surface area (TPSA) is 60.2 Å². The first-order valence-electron chi connectivity index (χ1n) is 5.11. The van der Waals surface area contributed by atoms with Gasteiger partial charge in [-0.25, -0.2) is 0 Å². The van der Waals surface area contributed by atoms with E-state index < -0.39 is 0 Å². The number of hydrogen-bond acceptors (Lipinski definition) is 3. The van der Waals surface area contributed by atoms with E-state index in [-0.39, 0.29) is 16.4 Å². The molecule has 2 rings (SSSR count). The molecule has 0 aliphatic heterocycles. The van der Waals surface area contributed by atoms with Crippen molar-refractivity contribution in [3.63, 3.8) is 0 Å². The van der Waals surface area contributed by atoms with Crippen molar-refractivity contribution in [2.45, 2.75) is 13.8 Å². The first-order chi connectivity index (χ1) is 8.02. The van der Waals surface area contributed by atoms with Gasteiger partial charge >= 0.3 is 0 Å². The number of non-ortho nitro benzene ring substituents is 1. The van der Waals surface area contributed by atoms with Gasteiger partial charge < -0.3 is 4.79 Å². The molecule has 0 heterocycles. The predicted molar refractivity (Wildman–Crippen MR) is 67.0 cm³/mol. The Balaban J connectivity index is 0.000000317. The highest BCUT2D eigenvalue weighted by Gasteiger charge is 2.08. The van der Waals surface area contributed by atoms with E-state index in [2.05, 4.69) is 0 Å². The van der Waals surface area contributed by atoms with Crippen molar-refractivity contribution in [1.82, 2.24) is 0 Å². The molecule has 0 radical (unpaired) electrons. The highest BCUT2D eigenvalue weighted by atomic mass is 16.6. The molecule has 4 nitrogen and oxygen atoms in total. The number of ketones is 1. The van der Waals surface area contributed by atoms with Crippen LogP contribution in [0.15, 0.2) is 42.5 Å². The average Bonchev–Trinajstić information content (AvgIpc) is 2.27. The maximum absolute atomic E-state index is 10.6. The second-order valence-corrected chi connectivity index (χ2v) is 3.66. The van der Waals surface area contributed by atoms with Crippen molar-refractivity contribution in [3.8, 4) is 0 Å². The van der Waals surface area contributed by atoms with Crippen LogP contribution < -0.4 is 0 Å². The molecule has 0 spiro atoms. The molecule has 0 saturated heterocycles. The van der Waals surface area contributed by atoms with E-state index in [1.807, 2.05) is 18.2 Å². The third-order valence-electron chi connectivity index (χ3n) is 1.96. The number of Topliss-reactive ketones (excluding diaryl/α,β-unsaturated/α-hetero) is 1. The van der Waals surface area contributed by atoms with Crippen LogP contribution >= 0.6 is 0 Å². The van der Waals surface area contributed by atoms with Crippen LogP contribution in [0.2, 0.25) is 0 Å². The number of nitro benzene ring substituents is 1. The number of benzene rings is 2. The van der Waals surface area contributed by atoms with Gasteiger partial charge in [0.2, 0.25) is 0 Å². The summed E-state index contributed by atoms with van der Waals surface area (Å²) >= 11 is 0. The summed E-state index contributed by atoms with van der Waals surface area (Å²) in [5, 5.41) is 12.2. The minimum absolute atomic E-state index is 0.165. The predicted octanol–water partition coefficient (Wildman–Crippen LogP) is 3.34. The Bertz CT molecular complexity index is 540. The molecule has 4 heteroatoms. The molecule has 0 saturated carbocycles. The molecular formula is C13H13NO3. The zero-order valence-corrected chi connectivity index (χ0v) is 9.71. The average molecular weight is 231 g/mol. The fourth-order valence-electron chi connectivity index (χ4n) is 1.37. The molecule has 0 fully saturated rings. The second-order valence-electron chi connectivity index (χ2n) is 3.66. The summed E-state index contributed by atoms with van der Waals surface area (Å²) in [6.45, 7) is 3.06. The van der Waals surface area contributed by atoms with Gasteiger partial charge in [-0.1, -0.05) is 30.3 Å². The zero-order chi connectivity index (χ0) is 12.8. The summed E-state index contributed by atoms with van der Waals surface area (Å²) < 4.78 is 0. The molecule has 0 aliphatic carbocycles. The van der Waals surface area contributed by atoms with Gasteiger partial charge in [0.05, 0.1) is 10.3 Å². The molecule has 17 heavy (non-hydrogen) atoms. The smallest absolute Gasteiger partial charge is 0.277 e. The minimum Gasteiger partial charge on any atom is -0.300 e. The molecule has 0 N–H and O–H groups in total. The summed E-state index contributed by atoms with van der Waals surface area (Å²) in [5.74, 6) is 0.167. The van der Waals surface area contributed by atoms with E-state index in [0.29, 0.717) is 5.39 Å². The molecule has 88 valence electrons. The highest BCUT2D eigenvalue weighted by molar-refractivity contribution is 5.90. The Kier molecular flexibility index (Phi) is 4.34. The Hall–Kier alpha value is -2.23. The van der Waals surface area contributed by atoms with Crippen LogP contribution in [0.5, 0.6) is 0 Å². The van der Waals surface area contributed by atoms with Crippen molar-refractivity contribution in [1.29, 1.82) is 0 Å². The van der Waals surface area contributed by atoms with Crippen molar-refractivity contribution in [2.75, 3.05) is 0 Å². The van der Waals surface area contributed by atoms with Gasteiger partial charge in [0, 0.05) is 6.07 Å². The SMILES string of the molecule is CC(C)=O.O=[N+]([O-])c1cccc2ccccc12. The van der Waals surface area contributed by atoms with Crippen molar-refractivity contribution >= 4 is 22.2 Å². The maximum Gasteiger partial charge on any atom is 0.277 e. The fraction of sp³-hybridized carbons (Fsp3) is 0.154. The third-order valence-corrected chi connectivity index (χ3v) is 1.96. The Labute approximate surface area is 99.0 Å². The van der Waals surface area contributed by atoms with Crippen LogP contribution in [-0.4, -0.2) is 10.7 Å². The standard InChI is InChI=1S/C10H7NO2.C3H6O/c12-11(13)10-7-3-5-8-4-1-2-6-9(8)10;1-3(2)4/h1-7H;1-2H3. The minimum atomic E-state index is -0.359. The van der Waals surface area contributed by atoms with E-state index in [1.54, 1.807) is 18.2 Å². The molecule has 0 unspecified atom stereocenters. The van der Waals surface area contributed by atoms with E-state index in [9.17, 15) is 14.9 Å². The Morgan fingerprint density at radius 3 is 2.18 bits per heavy atom. The first-order valence-corrected chi connectivity index (χ1v) is 5.11. The van der Waals surface area contributed by atoms with Gasteiger partial charge in [0.1, 0.15) is 5.78 Å². The Morgan fingerprint density at radius 2 is 1.59 bits per heavy atom. The van der Waals surface area contributed by atoms with Gasteiger partial charge in [-0.15, -0.1) is 0 Å². The monoisotopic (exact) mass is 231 g/mol. The molecule has 2 aromatic rings. The quantitative estimate of drug-likeness (QED) is 0.558.